The quantitative estimate of drug-likeness (QED) is 0.885. The van der Waals surface area contributed by atoms with E-state index in [1.54, 1.807) is 26.8 Å². The summed E-state index contributed by atoms with van der Waals surface area (Å²) in [5.74, 6) is -0.303. The van der Waals surface area contributed by atoms with Crippen molar-refractivity contribution in [2.45, 2.75) is 52.7 Å². The first kappa shape index (κ1) is 15.5. The number of halogens is 1. The largest absolute Gasteiger partial charge is 0.444 e. The molecule has 0 saturated carbocycles. The third kappa shape index (κ3) is 4.89. The van der Waals surface area contributed by atoms with Gasteiger partial charge in [0.15, 0.2) is 0 Å². The molecule has 1 unspecified atom stereocenters. The lowest BCUT2D eigenvalue weighted by Crippen LogP contribution is -2.35. The van der Waals surface area contributed by atoms with E-state index in [1.165, 1.54) is 6.07 Å². The van der Waals surface area contributed by atoms with Crippen molar-refractivity contribution in [1.29, 1.82) is 0 Å². The summed E-state index contributed by atoms with van der Waals surface area (Å²) in [6, 6.07) is 4.62. The highest BCUT2D eigenvalue weighted by Crippen LogP contribution is 2.21. The molecule has 1 rings (SSSR count). The summed E-state index contributed by atoms with van der Waals surface area (Å²) in [6.45, 7) is 9.09. The zero-order valence-electron chi connectivity index (χ0n) is 12.2. The number of amides is 1. The Hall–Kier alpha value is -1.58. The SMILES string of the molecule is CCC(NC(=O)OC(C)(C)C)c1ccc(C)cc1F.[HH]. The first-order valence-corrected chi connectivity index (χ1v) is 6.48. The van der Waals surface area contributed by atoms with E-state index in [0.717, 1.165) is 5.56 Å². The fourth-order valence-electron chi connectivity index (χ4n) is 1.76. The van der Waals surface area contributed by atoms with E-state index in [1.807, 2.05) is 19.9 Å². The number of nitrogens with one attached hydrogen (secondary N) is 1. The van der Waals surface area contributed by atoms with Crippen molar-refractivity contribution in [3.63, 3.8) is 0 Å². The number of carbonyl (C=O) groups is 1. The Kier molecular flexibility index (Phi) is 4.92. The van der Waals surface area contributed by atoms with Crippen LogP contribution in [0.4, 0.5) is 9.18 Å². The second kappa shape index (κ2) is 6.04. The van der Waals surface area contributed by atoms with E-state index in [0.29, 0.717) is 12.0 Å². The molecule has 3 nitrogen and oxygen atoms in total. The Morgan fingerprint density at radius 1 is 1.47 bits per heavy atom. The lowest BCUT2D eigenvalue weighted by atomic mass is 10.0. The molecule has 1 N–H and O–H groups in total. The fourth-order valence-corrected chi connectivity index (χ4v) is 1.76. The average Bonchev–Trinajstić information content (AvgIpc) is 2.24. The van der Waals surface area contributed by atoms with Gasteiger partial charge in [0.2, 0.25) is 0 Å². The molecule has 108 valence electrons. The highest BCUT2D eigenvalue weighted by molar-refractivity contribution is 5.68. The standard InChI is InChI=1S/C15H22FNO2.H2/c1-6-13(17-14(18)19-15(3,4)5)11-8-7-10(2)9-12(11)16;/h7-9,13H,6H2,1-5H3,(H,17,18);1H. The van der Waals surface area contributed by atoms with Gasteiger partial charge in [-0.2, -0.15) is 0 Å². The van der Waals surface area contributed by atoms with Gasteiger partial charge in [0.05, 0.1) is 6.04 Å². The van der Waals surface area contributed by atoms with Crippen LogP contribution in [0.25, 0.3) is 0 Å². The highest BCUT2D eigenvalue weighted by atomic mass is 19.1. The predicted octanol–water partition coefficient (Wildman–Crippen LogP) is 4.36. The highest BCUT2D eigenvalue weighted by Gasteiger charge is 2.21. The molecule has 0 aliphatic heterocycles. The Balaban J connectivity index is 0.00000361. The van der Waals surface area contributed by atoms with Crippen molar-refractivity contribution in [3.8, 4) is 0 Å². The maximum absolute atomic E-state index is 13.9. The molecule has 1 atom stereocenters. The summed E-state index contributed by atoms with van der Waals surface area (Å²) in [5.41, 5.74) is 0.779. The molecule has 1 amide bonds. The van der Waals surface area contributed by atoms with Crippen molar-refractivity contribution in [2.24, 2.45) is 0 Å². The Labute approximate surface area is 115 Å². The predicted molar refractivity (Wildman–Crippen MR) is 75.7 cm³/mol. The van der Waals surface area contributed by atoms with Crippen molar-refractivity contribution < 1.29 is 15.3 Å². The summed E-state index contributed by atoms with van der Waals surface area (Å²) in [7, 11) is 0. The lowest BCUT2D eigenvalue weighted by molar-refractivity contribution is 0.0501. The van der Waals surface area contributed by atoms with Gasteiger partial charge in [-0.1, -0.05) is 19.1 Å². The Morgan fingerprint density at radius 3 is 2.58 bits per heavy atom. The van der Waals surface area contributed by atoms with E-state index >= 15 is 0 Å². The molecule has 0 bridgehead atoms. The van der Waals surface area contributed by atoms with Gasteiger partial charge in [0.25, 0.3) is 0 Å². The zero-order valence-corrected chi connectivity index (χ0v) is 12.2. The molecule has 0 aliphatic carbocycles. The van der Waals surface area contributed by atoms with Gasteiger partial charge in [-0.05, 0) is 45.7 Å². The smallest absolute Gasteiger partial charge is 0.408 e. The van der Waals surface area contributed by atoms with Gasteiger partial charge in [-0.25, -0.2) is 9.18 Å². The van der Waals surface area contributed by atoms with Crippen LogP contribution in [0.5, 0.6) is 0 Å². The first-order chi connectivity index (χ1) is 8.73. The van der Waals surface area contributed by atoms with Crippen molar-refractivity contribution in [2.75, 3.05) is 0 Å². The van der Waals surface area contributed by atoms with Gasteiger partial charge in [0, 0.05) is 6.99 Å². The molecule has 1 aromatic carbocycles. The number of rotatable bonds is 3. The molecule has 0 heterocycles. The number of hydrogen-bond donors (Lipinski definition) is 1. The van der Waals surface area contributed by atoms with Gasteiger partial charge in [0.1, 0.15) is 11.4 Å². The van der Waals surface area contributed by atoms with Crippen LogP contribution in [0, 0.1) is 12.7 Å². The van der Waals surface area contributed by atoms with Crippen LogP contribution in [0.1, 0.15) is 52.7 Å². The van der Waals surface area contributed by atoms with Crippen molar-refractivity contribution in [1.82, 2.24) is 5.32 Å². The number of hydrogen-bond acceptors (Lipinski definition) is 2. The maximum atomic E-state index is 13.9. The van der Waals surface area contributed by atoms with Gasteiger partial charge >= 0.3 is 6.09 Å². The van der Waals surface area contributed by atoms with Crippen LogP contribution < -0.4 is 5.32 Å². The minimum Gasteiger partial charge on any atom is -0.444 e. The van der Waals surface area contributed by atoms with Crippen LogP contribution in [0.15, 0.2) is 18.2 Å². The summed E-state index contributed by atoms with van der Waals surface area (Å²) in [6.07, 6.45) is 0.0680. The second-order valence-electron chi connectivity index (χ2n) is 5.63. The summed E-state index contributed by atoms with van der Waals surface area (Å²) in [5, 5.41) is 2.70. The minimum absolute atomic E-state index is 0. The van der Waals surface area contributed by atoms with Crippen molar-refractivity contribution in [3.05, 3.63) is 35.1 Å². The number of ether oxygens (including phenoxy) is 1. The number of benzene rings is 1. The van der Waals surface area contributed by atoms with E-state index in [-0.39, 0.29) is 13.3 Å². The van der Waals surface area contributed by atoms with Gasteiger partial charge < -0.3 is 10.1 Å². The molecule has 0 saturated heterocycles. The molecule has 0 spiro atoms. The monoisotopic (exact) mass is 269 g/mol. The van der Waals surface area contributed by atoms with E-state index < -0.39 is 11.7 Å². The second-order valence-corrected chi connectivity index (χ2v) is 5.63. The lowest BCUT2D eigenvalue weighted by Gasteiger charge is -2.23. The molecular weight excluding hydrogens is 245 g/mol. The number of alkyl carbamates (subject to hydrolysis) is 1. The topological polar surface area (TPSA) is 38.3 Å². The zero-order chi connectivity index (χ0) is 14.6. The molecular formula is C15H24FNO2. The molecule has 0 fully saturated rings. The molecule has 1 aromatic rings. The van der Waals surface area contributed by atoms with E-state index in [4.69, 9.17) is 4.74 Å². The third-order valence-electron chi connectivity index (χ3n) is 2.63. The van der Waals surface area contributed by atoms with Crippen molar-refractivity contribution >= 4 is 6.09 Å². The molecule has 0 aromatic heterocycles. The number of aryl methyl sites for hydroxylation is 1. The molecule has 4 heteroatoms. The average molecular weight is 269 g/mol. The molecule has 0 radical (unpaired) electrons. The van der Waals surface area contributed by atoms with Crippen LogP contribution >= 0.6 is 0 Å². The summed E-state index contributed by atoms with van der Waals surface area (Å²) in [4.78, 5) is 11.7. The molecule has 19 heavy (non-hydrogen) atoms. The van der Waals surface area contributed by atoms with E-state index in [9.17, 15) is 9.18 Å². The van der Waals surface area contributed by atoms with Crippen LogP contribution in [0.2, 0.25) is 0 Å². The Bertz CT molecular complexity index is 458. The summed E-state index contributed by atoms with van der Waals surface area (Å²) < 4.78 is 19.1. The maximum Gasteiger partial charge on any atom is 0.408 e. The minimum atomic E-state index is -0.561. The van der Waals surface area contributed by atoms with Crippen LogP contribution in [-0.2, 0) is 4.74 Å². The third-order valence-corrected chi connectivity index (χ3v) is 2.63. The normalized spacial score (nSPS) is 12.9. The fraction of sp³-hybridized carbons (Fsp3) is 0.533. The van der Waals surface area contributed by atoms with Crippen LogP contribution in [-0.4, -0.2) is 11.7 Å². The van der Waals surface area contributed by atoms with E-state index in [2.05, 4.69) is 5.32 Å². The Morgan fingerprint density at radius 2 is 2.11 bits per heavy atom. The molecule has 0 aliphatic rings. The number of carbonyl (C=O) groups excluding carboxylic acids is 1. The summed E-state index contributed by atoms with van der Waals surface area (Å²) >= 11 is 0. The van der Waals surface area contributed by atoms with Crippen LogP contribution in [0.3, 0.4) is 0 Å². The first-order valence-electron chi connectivity index (χ1n) is 6.48. The van der Waals surface area contributed by atoms with Gasteiger partial charge in [-0.15, -0.1) is 0 Å². The van der Waals surface area contributed by atoms with Gasteiger partial charge in [-0.3, -0.25) is 0 Å².